The highest BCUT2D eigenvalue weighted by atomic mass is 16.2. The summed E-state index contributed by atoms with van der Waals surface area (Å²) in [5.74, 6) is -1.08. The van der Waals surface area contributed by atoms with E-state index in [1.165, 1.54) is 0 Å². The highest BCUT2D eigenvalue weighted by molar-refractivity contribution is 5.92. The Morgan fingerprint density at radius 3 is 2.03 bits per heavy atom. The zero-order valence-electron chi connectivity index (χ0n) is 19.2. The molecule has 0 rings (SSSR count). The lowest BCUT2D eigenvalue weighted by Crippen LogP contribution is -2.55. The molecule has 5 amide bonds. The van der Waals surface area contributed by atoms with E-state index < -0.39 is 24.0 Å². The summed E-state index contributed by atoms with van der Waals surface area (Å²) in [4.78, 5) is 59.6. The van der Waals surface area contributed by atoms with Gasteiger partial charge in [-0.25, -0.2) is 4.79 Å². The van der Waals surface area contributed by atoms with Gasteiger partial charge in [-0.2, -0.15) is 0 Å². The van der Waals surface area contributed by atoms with Crippen LogP contribution >= 0.6 is 0 Å². The smallest absolute Gasteiger partial charge is 0.312 e. The molecule has 0 saturated carbocycles. The predicted molar refractivity (Wildman–Crippen MR) is 118 cm³/mol. The number of nitrogens with two attached hydrogens (primary N) is 1. The van der Waals surface area contributed by atoms with Gasteiger partial charge in [0, 0.05) is 32.4 Å². The number of carbonyl (C=O) groups is 5. The summed E-state index contributed by atoms with van der Waals surface area (Å²) in [7, 11) is 0. The molecule has 10 heteroatoms. The maximum atomic E-state index is 12.8. The van der Waals surface area contributed by atoms with Crippen molar-refractivity contribution in [2.45, 2.75) is 84.7 Å². The van der Waals surface area contributed by atoms with Crippen molar-refractivity contribution in [1.82, 2.24) is 21.3 Å². The molecule has 0 saturated heterocycles. The second-order valence-corrected chi connectivity index (χ2v) is 7.82. The zero-order valence-corrected chi connectivity index (χ0v) is 19.2. The zero-order chi connectivity index (χ0) is 23.8. The summed E-state index contributed by atoms with van der Waals surface area (Å²) in [6.45, 7) is 7.87. The van der Waals surface area contributed by atoms with Crippen LogP contribution in [-0.2, 0) is 19.2 Å². The van der Waals surface area contributed by atoms with Gasteiger partial charge in [-0.1, -0.05) is 27.7 Å². The number of amides is 5. The van der Waals surface area contributed by atoms with Gasteiger partial charge in [-0.15, -0.1) is 0 Å². The number of primary amides is 1. The number of rotatable bonds is 16. The van der Waals surface area contributed by atoms with Crippen LogP contribution in [0.15, 0.2) is 0 Å². The van der Waals surface area contributed by atoms with Crippen LogP contribution < -0.4 is 27.0 Å². The first-order valence-corrected chi connectivity index (χ1v) is 11.0. The highest BCUT2D eigenvalue weighted by Gasteiger charge is 2.28. The van der Waals surface area contributed by atoms with Gasteiger partial charge < -0.3 is 27.0 Å². The van der Waals surface area contributed by atoms with Crippen molar-refractivity contribution in [1.29, 1.82) is 0 Å². The summed E-state index contributed by atoms with van der Waals surface area (Å²) in [6.07, 6.45) is 3.04. The van der Waals surface area contributed by atoms with Crippen LogP contribution in [0.5, 0.6) is 0 Å². The minimum Gasteiger partial charge on any atom is -0.354 e. The van der Waals surface area contributed by atoms with Crippen molar-refractivity contribution < 1.29 is 24.0 Å². The van der Waals surface area contributed by atoms with Crippen LogP contribution in [0.3, 0.4) is 0 Å². The minimum absolute atomic E-state index is 0.124. The van der Waals surface area contributed by atoms with E-state index in [0.29, 0.717) is 45.1 Å². The maximum Gasteiger partial charge on any atom is 0.312 e. The average molecular weight is 442 g/mol. The van der Waals surface area contributed by atoms with Crippen LogP contribution in [0.25, 0.3) is 0 Å². The van der Waals surface area contributed by atoms with E-state index >= 15 is 0 Å². The molecule has 2 atom stereocenters. The van der Waals surface area contributed by atoms with E-state index in [-0.39, 0.29) is 36.5 Å². The molecule has 0 aliphatic heterocycles. The third kappa shape index (κ3) is 13.3. The second kappa shape index (κ2) is 16.1. The molecule has 0 bridgehead atoms. The fourth-order valence-electron chi connectivity index (χ4n) is 2.85. The molecule has 0 aromatic carbocycles. The Bertz CT molecular complexity index is 609. The number of ketones is 1. The Labute approximate surface area is 184 Å². The molecule has 10 nitrogen and oxygen atoms in total. The molecule has 0 spiro atoms. The van der Waals surface area contributed by atoms with Crippen molar-refractivity contribution in [3.8, 4) is 0 Å². The lowest BCUT2D eigenvalue weighted by atomic mass is 10.0. The first-order chi connectivity index (χ1) is 14.6. The molecular formula is C21H39N5O5. The highest BCUT2D eigenvalue weighted by Crippen LogP contribution is 2.06. The monoisotopic (exact) mass is 441 g/mol. The Balaban J connectivity index is 4.99. The Kier molecular flexibility index (Phi) is 14.7. The van der Waals surface area contributed by atoms with Crippen molar-refractivity contribution in [3.05, 3.63) is 0 Å². The number of Topliss-reactive ketones (excluding diaryl/α,β-unsaturated/α-hetero) is 1. The first-order valence-electron chi connectivity index (χ1n) is 11.0. The van der Waals surface area contributed by atoms with Gasteiger partial charge in [-0.05, 0) is 31.6 Å². The van der Waals surface area contributed by atoms with Crippen LogP contribution in [-0.4, -0.2) is 54.7 Å². The van der Waals surface area contributed by atoms with Gasteiger partial charge in [0.15, 0.2) is 0 Å². The molecule has 0 aromatic rings. The fourth-order valence-corrected chi connectivity index (χ4v) is 2.85. The summed E-state index contributed by atoms with van der Waals surface area (Å²) in [5.41, 5.74) is 5.04. The summed E-state index contributed by atoms with van der Waals surface area (Å²) >= 11 is 0. The van der Waals surface area contributed by atoms with Crippen molar-refractivity contribution in [2.75, 3.05) is 13.1 Å². The minimum atomic E-state index is -0.839. The molecule has 31 heavy (non-hydrogen) atoms. The van der Waals surface area contributed by atoms with Crippen LogP contribution in [0.4, 0.5) is 4.79 Å². The van der Waals surface area contributed by atoms with Crippen molar-refractivity contribution >= 4 is 29.5 Å². The summed E-state index contributed by atoms with van der Waals surface area (Å²) in [6, 6.07) is -2.27. The Morgan fingerprint density at radius 1 is 0.839 bits per heavy atom. The number of hydrogen-bond donors (Lipinski definition) is 5. The van der Waals surface area contributed by atoms with Crippen LogP contribution in [0.2, 0.25) is 0 Å². The SMILES string of the molecule is CCCC(=O)N[C@H](C(=O)N[C@@H](CCCNC(N)=O)C(=O)NCCCC(=O)CC)C(C)C. The molecule has 0 aliphatic carbocycles. The topological polar surface area (TPSA) is 159 Å². The lowest BCUT2D eigenvalue weighted by molar-refractivity contribution is -0.133. The first kappa shape index (κ1) is 28.4. The van der Waals surface area contributed by atoms with Gasteiger partial charge in [0.05, 0.1) is 0 Å². The molecule has 0 heterocycles. The number of urea groups is 1. The quantitative estimate of drug-likeness (QED) is 0.223. The molecular weight excluding hydrogens is 402 g/mol. The van der Waals surface area contributed by atoms with E-state index in [9.17, 15) is 24.0 Å². The standard InChI is InChI=1S/C21H39N5O5/c1-5-9-17(28)26-18(14(3)4)20(30)25-16(11-8-13-24-21(22)31)19(29)23-12-7-10-15(27)6-2/h14,16,18H,5-13H2,1-4H3,(H,23,29)(H,25,30)(H,26,28)(H3,22,24,31)/t16-,18-/m0/s1. The van der Waals surface area contributed by atoms with E-state index in [0.717, 1.165) is 0 Å². The van der Waals surface area contributed by atoms with Gasteiger partial charge in [0.2, 0.25) is 17.7 Å². The van der Waals surface area contributed by atoms with E-state index in [1.54, 1.807) is 6.92 Å². The lowest BCUT2D eigenvalue weighted by Gasteiger charge is -2.25. The Hall–Kier alpha value is -2.65. The summed E-state index contributed by atoms with van der Waals surface area (Å²) in [5, 5.41) is 10.6. The third-order valence-electron chi connectivity index (χ3n) is 4.67. The molecule has 0 fully saturated rings. The fraction of sp³-hybridized carbons (Fsp3) is 0.762. The molecule has 178 valence electrons. The third-order valence-corrected chi connectivity index (χ3v) is 4.67. The van der Waals surface area contributed by atoms with Crippen LogP contribution in [0, 0.1) is 5.92 Å². The number of carbonyl (C=O) groups excluding carboxylic acids is 5. The predicted octanol–water partition coefficient (Wildman–Crippen LogP) is 0.736. The summed E-state index contributed by atoms with van der Waals surface area (Å²) < 4.78 is 0. The molecule has 0 aliphatic rings. The van der Waals surface area contributed by atoms with Gasteiger partial charge in [-0.3, -0.25) is 19.2 Å². The maximum absolute atomic E-state index is 12.8. The molecule has 0 radical (unpaired) electrons. The number of nitrogens with one attached hydrogen (secondary N) is 4. The van der Waals surface area contributed by atoms with E-state index in [2.05, 4.69) is 21.3 Å². The van der Waals surface area contributed by atoms with Crippen molar-refractivity contribution in [3.63, 3.8) is 0 Å². The number of hydrogen-bond acceptors (Lipinski definition) is 5. The molecule has 0 aromatic heterocycles. The van der Waals surface area contributed by atoms with Gasteiger partial charge >= 0.3 is 6.03 Å². The Morgan fingerprint density at radius 2 is 1.48 bits per heavy atom. The van der Waals surface area contributed by atoms with Gasteiger partial charge in [0.25, 0.3) is 0 Å². The molecule has 6 N–H and O–H groups in total. The van der Waals surface area contributed by atoms with Crippen molar-refractivity contribution in [2.24, 2.45) is 11.7 Å². The second-order valence-electron chi connectivity index (χ2n) is 7.82. The van der Waals surface area contributed by atoms with Crippen LogP contribution in [0.1, 0.15) is 72.6 Å². The van der Waals surface area contributed by atoms with E-state index in [4.69, 9.17) is 5.73 Å². The molecule has 0 unspecified atom stereocenters. The largest absolute Gasteiger partial charge is 0.354 e. The normalized spacial score (nSPS) is 12.5. The van der Waals surface area contributed by atoms with Gasteiger partial charge in [0.1, 0.15) is 17.9 Å². The van der Waals surface area contributed by atoms with E-state index in [1.807, 2.05) is 20.8 Å². The average Bonchev–Trinajstić information content (AvgIpc) is 2.70.